The van der Waals surface area contributed by atoms with Crippen LogP contribution >= 0.6 is 0 Å². The van der Waals surface area contributed by atoms with Gasteiger partial charge in [0.1, 0.15) is 0 Å². The first kappa shape index (κ1) is 20.2. The molecule has 0 bridgehead atoms. The highest BCUT2D eigenvalue weighted by atomic mass is 32.2. The van der Waals surface area contributed by atoms with Crippen LogP contribution in [0.3, 0.4) is 0 Å². The van der Waals surface area contributed by atoms with Crippen molar-refractivity contribution in [1.29, 1.82) is 0 Å². The molecule has 136 valence electrons. The molecule has 1 N–H and O–H groups in total. The zero-order valence-electron chi connectivity index (χ0n) is 12.8. The van der Waals surface area contributed by atoms with Crippen molar-refractivity contribution in [3.63, 3.8) is 0 Å². The second kappa shape index (κ2) is 6.93. The van der Waals surface area contributed by atoms with E-state index < -0.39 is 62.2 Å². The van der Waals surface area contributed by atoms with Crippen LogP contribution in [0.5, 0.6) is 5.75 Å². The van der Waals surface area contributed by atoms with Crippen molar-refractivity contribution >= 4 is 16.1 Å². The average molecular weight is 374 g/mol. The summed E-state index contributed by atoms with van der Waals surface area (Å²) in [7, 11) is -5.54. The highest BCUT2D eigenvalue weighted by Gasteiger charge is 2.33. The smallest absolute Gasteiger partial charge is 0.314 e. The van der Waals surface area contributed by atoms with Crippen molar-refractivity contribution in [3.8, 4) is 5.75 Å². The summed E-state index contributed by atoms with van der Waals surface area (Å²) >= 11 is 0. The number of halogens is 4. The summed E-state index contributed by atoms with van der Waals surface area (Å²) in [6.07, 6.45) is 0.368. The fourth-order valence-electron chi connectivity index (χ4n) is 1.43. The minimum atomic E-state index is -5.54. The SMILES string of the molecule is CCC(C)(C)C(=O)OCOc1c(F)c(F)c(F)c(S(=O)(=O)O)c1F. The van der Waals surface area contributed by atoms with Gasteiger partial charge in [-0.2, -0.15) is 12.8 Å². The first-order valence-electron chi connectivity index (χ1n) is 6.48. The van der Waals surface area contributed by atoms with Gasteiger partial charge in [0.05, 0.1) is 5.41 Å². The van der Waals surface area contributed by atoms with Crippen molar-refractivity contribution in [2.24, 2.45) is 5.41 Å². The van der Waals surface area contributed by atoms with Gasteiger partial charge in [0, 0.05) is 0 Å². The first-order chi connectivity index (χ1) is 10.8. The molecule has 0 saturated carbocycles. The number of hydrogen-bond donors (Lipinski definition) is 1. The third-order valence-corrected chi connectivity index (χ3v) is 4.14. The maximum absolute atomic E-state index is 13.8. The molecule has 1 aromatic rings. The van der Waals surface area contributed by atoms with Crippen LogP contribution in [0, 0.1) is 28.7 Å². The van der Waals surface area contributed by atoms with E-state index in [-0.39, 0.29) is 0 Å². The normalized spacial score (nSPS) is 12.2. The van der Waals surface area contributed by atoms with Crippen LogP contribution in [0.15, 0.2) is 4.90 Å². The number of ether oxygens (including phenoxy) is 2. The Hall–Kier alpha value is -1.88. The lowest BCUT2D eigenvalue weighted by Crippen LogP contribution is -2.27. The molecular formula is C13H14F4O6S. The number of esters is 1. The molecule has 0 aromatic heterocycles. The van der Waals surface area contributed by atoms with E-state index in [4.69, 9.17) is 4.55 Å². The number of hydrogen-bond acceptors (Lipinski definition) is 5. The molecule has 0 radical (unpaired) electrons. The van der Waals surface area contributed by atoms with Crippen LogP contribution < -0.4 is 4.74 Å². The maximum Gasteiger partial charge on any atom is 0.314 e. The molecule has 6 nitrogen and oxygen atoms in total. The lowest BCUT2D eigenvalue weighted by molar-refractivity contribution is -0.161. The minimum absolute atomic E-state index is 0.368. The van der Waals surface area contributed by atoms with Crippen LogP contribution in [0.25, 0.3) is 0 Å². The summed E-state index contributed by atoms with van der Waals surface area (Å²) in [5.74, 6) is -11.6. The molecule has 0 heterocycles. The lowest BCUT2D eigenvalue weighted by atomic mass is 9.91. The molecule has 0 unspecified atom stereocenters. The van der Waals surface area contributed by atoms with E-state index in [0.29, 0.717) is 6.42 Å². The van der Waals surface area contributed by atoms with Crippen LogP contribution in [-0.4, -0.2) is 25.7 Å². The van der Waals surface area contributed by atoms with Crippen LogP contribution in [-0.2, 0) is 19.6 Å². The summed E-state index contributed by atoms with van der Waals surface area (Å²) in [6, 6.07) is 0. The molecule has 11 heteroatoms. The Labute approximate surface area is 135 Å². The summed E-state index contributed by atoms with van der Waals surface area (Å²) in [6.45, 7) is 3.62. The molecule has 0 fully saturated rings. The van der Waals surface area contributed by atoms with Gasteiger partial charge in [-0.1, -0.05) is 6.92 Å². The van der Waals surface area contributed by atoms with E-state index in [2.05, 4.69) is 9.47 Å². The highest BCUT2D eigenvalue weighted by Crippen LogP contribution is 2.33. The third-order valence-electron chi connectivity index (χ3n) is 3.27. The zero-order valence-corrected chi connectivity index (χ0v) is 13.6. The lowest BCUT2D eigenvalue weighted by Gasteiger charge is -2.20. The second-order valence-corrected chi connectivity index (χ2v) is 6.68. The molecule has 1 rings (SSSR count). The fourth-order valence-corrected chi connectivity index (χ4v) is 2.06. The van der Waals surface area contributed by atoms with Crippen LogP contribution in [0.1, 0.15) is 27.2 Å². The van der Waals surface area contributed by atoms with Gasteiger partial charge >= 0.3 is 16.1 Å². The van der Waals surface area contributed by atoms with Gasteiger partial charge in [0.25, 0.3) is 0 Å². The van der Waals surface area contributed by atoms with Gasteiger partial charge in [-0.3, -0.25) is 9.35 Å². The van der Waals surface area contributed by atoms with E-state index in [1.807, 2.05) is 0 Å². The van der Waals surface area contributed by atoms with Crippen LogP contribution in [0.2, 0.25) is 0 Å². The topological polar surface area (TPSA) is 89.9 Å². The van der Waals surface area contributed by atoms with Gasteiger partial charge < -0.3 is 9.47 Å². The number of carbonyl (C=O) groups is 1. The van der Waals surface area contributed by atoms with E-state index in [0.717, 1.165) is 0 Å². The van der Waals surface area contributed by atoms with Crippen molar-refractivity contribution in [3.05, 3.63) is 23.3 Å². The predicted octanol–water partition coefficient (Wildman–Crippen LogP) is 2.81. The molecule has 0 aliphatic heterocycles. The monoisotopic (exact) mass is 374 g/mol. The third kappa shape index (κ3) is 3.96. The second-order valence-electron chi connectivity index (χ2n) is 5.32. The molecule has 1 aromatic carbocycles. The summed E-state index contributed by atoms with van der Waals surface area (Å²) in [5, 5.41) is 0. The Balaban J connectivity index is 3.14. The van der Waals surface area contributed by atoms with E-state index in [1.165, 1.54) is 13.8 Å². The predicted molar refractivity (Wildman–Crippen MR) is 71.7 cm³/mol. The van der Waals surface area contributed by atoms with Gasteiger partial charge in [-0.15, -0.1) is 0 Å². The van der Waals surface area contributed by atoms with Crippen molar-refractivity contribution in [2.75, 3.05) is 6.79 Å². The standard InChI is InChI=1S/C13H14F4O6S/c1-4-13(2,3)12(18)23-5-22-10-7(15)6(14)8(16)11(9(10)17)24(19,20)21/h4-5H2,1-3H3,(H,19,20,21). The zero-order chi connectivity index (χ0) is 18.9. The molecular weight excluding hydrogens is 360 g/mol. The fraction of sp³-hybridized carbons (Fsp3) is 0.462. The van der Waals surface area contributed by atoms with Gasteiger partial charge in [0.2, 0.25) is 12.6 Å². The molecule has 0 aliphatic rings. The number of rotatable bonds is 6. The molecule has 0 aliphatic carbocycles. The van der Waals surface area contributed by atoms with Crippen molar-refractivity contribution in [2.45, 2.75) is 32.1 Å². The highest BCUT2D eigenvalue weighted by molar-refractivity contribution is 7.85. The molecule has 0 saturated heterocycles. The van der Waals surface area contributed by atoms with Gasteiger partial charge in [-0.05, 0) is 20.3 Å². The summed E-state index contributed by atoms with van der Waals surface area (Å²) < 4.78 is 93.4. The van der Waals surface area contributed by atoms with Crippen molar-refractivity contribution < 1.29 is 44.8 Å². The number of benzene rings is 1. The maximum atomic E-state index is 13.8. The van der Waals surface area contributed by atoms with E-state index in [9.17, 15) is 30.8 Å². The summed E-state index contributed by atoms with van der Waals surface area (Å²) in [4.78, 5) is 9.53. The Bertz CT molecular complexity index is 760. The van der Waals surface area contributed by atoms with Gasteiger partial charge in [-0.25, -0.2) is 13.2 Å². The number of carbonyl (C=O) groups excluding carboxylic acids is 1. The van der Waals surface area contributed by atoms with Crippen molar-refractivity contribution in [1.82, 2.24) is 0 Å². The van der Waals surface area contributed by atoms with Crippen LogP contribution in [0.4, 0.5) is 17.6 Å². The molecule has 24 heavy (non-hydrogen) atoms. The Morgan fingerprint density at radius 3 is 2.08 bits per heavy atom. The van der Waals surface area contributed by atoms with E-state index >= 15 is 0 Å². The Kier molecular flexibility index (Phi) is 5.82. The minimum Gasteiger partial charge on any atom is -0.451 e. The average Bonchev–Trinajstić information content (AvgIpc) is 2.46. The summed E-state index contributed by atoms with van der Waals surface area (Å²) in [5.41, 5.74) is -0.936. The molecule has 0 spiro atoms. The quantitative estimate of drug-likeness (QED) is 0.206. The Morgan fingerprint density at radius 1 is 1.08 bits per heavy atom. The Morgan fingerprint density at radius 2 is 1.62 bits per heavy atom. The molecule has 0 atom stereocenters. The van der Waals surface area contributed by atoms with E-state index in [1.54, 1.807) is 6.92 Å². The largest absolute Gasteiger partial charge is 0.451 e. The van der Waals surface area contributed by atoms with Gasteiger partial charge in [0.15, 0.2) is 28.1 Å². The molecule has 0 amide bonds. The first-order valence-corrected chi connectivity index (χ1v) is 7.92.